The molecule has 4 rings (SSSR count). The van der Waals surface area contributed by atoms with Crippen molar-refractivity contribution in [2.24, 2.45) is 23.0 Å². The van der Waals surface area contributed by atoms with Gasteiger partial charge in [-0.3, -0.25) is 19.3 Å². The van der Waals surface area contributed by atoms with Crippen molar-refractivity contribution < 1.29 is 14.0 Å². The van der Waals surface area contributed by atoms with Crippen LogP contribution < -0.4 is 16.4 Å². The summed E-state index contributed by atoms with van der Waals surface area (Å²) in [6.07, 6.45) is 6.96. The average Bonchev–Trinajstić information content (AvgIpc) is 3.72. The number of pyridine rings is 1. The fraction of sp³-hybridized carbons (Fsp3) is 0.519. The number of hydrogen-bond donors (Lipinski definition) is 4. The van der Waals surface area contributed by atoms with Gasteiger partial charge in [-0.25, -0.2) is 4.39 Å². The van der Waals surface area contributed by atoms with Crippen molar-refractivity contribution >= 4 is 28.8 Å². The van der Waals surface area contributed by atoms with Gasteiger partial charge in [0.1, 0.15) is 17.4 Å². The van der Waals surface area contributed by atoms with Crippen LogP contribution in [0.1, 0.15) is 82.5 Å². The number of halogens is 1. The highest BCUT2D eigenvalue weighted by molar-refractivity contribution is 6.21. The lowest BCUT2D eigenvalue weighted by atomic mass is 9.80. The molecular weight excluding hydrogens is 473 g/mol. The minimum Gasteiger partial charge on any atom is -0.402 e. The number of carbonyl (C=O) groups excluding carboxylic acids is 2. The van der Waals surface area contributed by atoms with Crippen molar-refractivity contribution in [3.63, 3.8) is 0 Å². The molecule has 2 atom stereocenters. The summed E-state index contributed by atoms with van der Waals surface area (Å²) in [5.74, 6) is -1.14. The second-order valence-corrected chi connectivity index (χ2v) is 10.9. The monoisotopic (exact) mass is 509 g/mol. The van der Waals surface area contributed by atoms with E-state index in [4.69, 9.17) is 11.1 Å². The number of anilines is 1. The van der Waals surface area contributed by atoms with Gasteiger partial charge >= 0.3 is 0 Å². The molecule has 198 valence electrons. The van der Waals surface area contributed by atoms with Gasteiger partial charge in [-0.05, 0) is 76.7 Å². The van der Waals surface area contributed by atoms with E-state index in [0.29, 0.717) is 11.6 Å². The number of rotatable bonds is 10. The van der Waals surface area contributed by atoms with E-state index in [1.54, 1.807) is 23.9 Å². The maximum Gasteiger partial charge on any atom is 0.270 e. The third-order valence-electron chi connectivity index (χ3n) is 7.41. The molecule has 37 heavy (non-hydrogen) atoms. The molecule has 0 radical (unpaired) electrons. The number of allylic oxidation sites excluding steroid dienone is 2. The lowest BCUT2D eigenvalue weighted by Gasteiger charge is -2.32. The van der Waals surface area contributed by atoms with E-state index in [1.165, 1.54) is 19.2 Å². The van der Waals surface area contributed by atoms with E-state index < -0.39 is 17.8 Å². The quantitative estimate of drug-likeness (QED) is 0.354. The highest BCUT2D eigenvalue weighted by Gasteiger charge is 2.55. The summed E-state index contributed by atoms with van der Waals surface area (Å²) in [7, 11) is 0. The van der Waals surface area contributed by atoms with Crippen molar-refractivity contribution in [1.29, 1.82) is 5.41 Å². The maximum atomic E-state index is 15.0. The van der Waals surface area contributed by atoms with Crippen LogP contribution in [0.15, 0.2) is 30.2 Å². The van der Waals surface area contributed by atoms with E-state index >= 15 is 4.39 Å². The molecule has 0 aromatic carbocycles. The molecule has 2 aromatic heterocycles. The molecule has 5 N–H and O–H groups in total. The normalized spacial score (nSPS) is 18.6. The Morgan fingerprint density at radius 1 is 1.27 bits per heavy atom. The summed E-state index contributed by atoms with van der Waals surface area (Å²) in [4.78, 5) is 31.2. The fourth-order valence-electron chi connectivity index (χ4n) is 5.24. The molecule has 0 saturated heterocycles. The molecule has 2 aliphatic rings. The van der Waals surface area contributed by atoms with E-state index in [0.717, 1.165) is 25.7 Å². The second-order valence-electron chi connectivity index (χ2n) is 10.9. The Morgan fingerprint density at radius 3 is 2.46 bits per heavy atom. The zero-order chi connectivity index (χ0) is 27.1. The summed E-state index contributed by atoms with van der Waals surface area (Å²) in [6.45, 7) is 9.13. The molecule has 2 heterocycles. The predicted molar refractivity (Wildman–Crippen MR) is 140 cm³/mol. The van der Waals surface area contributed by atoms with Gasteiger partial charge in [-0.1, -0.05) is 6.92 Å². The predicted octanol–water partition coefficient (Wildman–Crippen LogP) is 4.29. The molecule has 0 spiro atoms. The van der Waals surface area contributed by atoms with Gasteiger partial charge in [0.05, 0.1) is 11.9 Å². The van der Waals surface area contributed by atoms with Crippen molar-refractivity contribution in [1.82, 2.24) is 20.1 Å². The summed E-state index contributed by atoms with van der Waals surface area (Å²) in [5, 5.41) is 17.9. The summed E-state index contributed by atoms with van der Waals surface area (Å²) in [5.41, 5.74) is 6.93. The Morgan fingerprint density at radius 2 is 1.95 bits per heavy atom. The number of nitrogens with zero attached hydrogens (tertiary/aromatic N) is 3. The van der Waals surface area contributed by atoms with E-state index in [1.807, 2.05) is 13.8 Å². The minimum atomic E-state index is -0.795. The number of nitrogens with two attached hydrogens (primary N) is 1. The van der Waals surface area contributed by atoms with Crippen LogP contribution in [-0.2, 0) is 4.79 Å². The Hall–Kier alpha value is -3.56. The lowest BCUT2D eigenvalue weighted by Crippen LogP contribution is -2.51. The van der Waals surface area contributed by atoms with Crippen molar-refractivity contribution in [2.75, 3.05) is 5.32 Å². The first-order valence-electron chi connectivity index (χ1n) is 12.8. The molecule has 0 aliphatic heterocycles. The number of amides is 2. The van der Waals surface area contributed by atoms with Gasteiger partial charge in [0, 0.05) is 35.3 Å². The third kappa shape index (κ3) is 5.57. The van der Waals surface area contributed by atoms with Crippen LogP contribution in [0, 0.1) is 28.5 Å². The van der Waals surface area contributed by atoms with Gasteiger partial charge in [-0.2, -0.15) is 5.10 Å². The lowest BCUT2D eigenvalue weighted by molar-refractivity contribution is -0.120. The zero-order valence-electron chi connectivity index (χ0n) is 22.1. The molecular formula is C27H36FN7O2. The Balaban J connectivity index is 1.62. The molecule has 2 aliphatic carbocycles. The molecule has 2 saturated carbocycles. The van der Waals surface area contributed by atoms with Crippen LogP contribution in [0.3, 0.4) is 0 Å². The smallest absolute Gasteiger partial charge is 0.270 e. The first-order valence-corrected chi connectivity index (χ1v) is 12.8. The van der Waals surface area contributed by atoms with Crippen LogP contribution in [-0.4, -0.2) is 38.3 Å². The standard InChI is InChI=1S/C27H36FN7O2/c1-14(2)35-20(8-11-32-35)25(36)34-24(22(17-6-7-17)27(5)9-10-27)26(37)33-18-12-19(28)23(31-13-18)21(15(3)29)16(4)30/h8,11-14,17,22,24,29H,6-7,9-10,30H2,1-5H3,(H,33,37)(H,34,36)/t22?,24-/m0/s1. The summed E-state index contributed by atoms with van der Waals surface area (Å²) < 4.78 is 16.6. The summed E-state index contributed by atoms with van der Waals surface area (Å²) >= 11 is 0. The van der Waals surface area contributed by atoms with Gasteiger partial charge < -0.3 is 21.8 Å². The van der Waals surface area contributed by atoms with Crippen molar-refractivity contribution in [3.05, 3.63) is 47.4 Å². The molecule has 0 bridgehead atoms. The maximum absolute atomic E-state index is 15.0. The highest BCUT2D eigenvalue weighted by atomic mass is 19.1. The topological polar surface area (TPSA) is 139 Å². The molecule has 2 aromatic rings. The zero-order valence-corrected chi connectivity index (χ0v) is 22.1. The van der Waals surface area contributed by atoms with Crippen LogP contribution in [0.25, 0.3) is 5.57 Å². The molecule has 9 nitrogen and oxygen atoms in total. The highest BCUT2D eigenvalue weighted by Crippen LogP contribution is 2.60. The van der Waals surface area contributed by atoms with Crippen LogP contribution in [0.2, 0.25) is 0 Å². The number of nitrogens with one attached hydrogen (secondary N) is 3. The average molecular weight is 510 g/mol. The Bertz CT molecular complexity index is 1250. The summed E-state index contributed by atoms with van der Waals surface area (Å²) in [6, 6.07) is 2.00. The van der Waals surface area contributed by atoms with Crippen LogP contribution >= 0.6 is 0 Å². The van der Waals surface area contributed by atoms with Crippen molar-refractivity contribution in [2.45, 2.75) is 72.4 Å². The number of aromatic nitrogens is 3. The van der Waals surface area contributed by atoms with Crippen molar-refractivity contribution in [3.8, 4) is 0 Å². The minimum absolute atomic E-state index is 0.0172. The molecule has 10 heteroatoms. The Labute approximate surface area is 216 Å². The van der Waals surface area contributed by atoms with E-state index in [2.05, 4.69) is 27.6 Å². The largest absolute Gasteiger partial charge is 0.402 e. The third-order valence-corrected chi connectivity index (χ3v) is 7.41. The second kappa shape index (κ2) is 10.1. The molecule has 1 unspecified atom stereocenters. The van der Waals surface area contributed by atoms with Gasteiger partial charge in [0.25, 0.3) is 5.91 Å². The number of carbonyl (C=O) groups is 2. The van der Waals surface area contributed by atoms with Crippen LogP contribution in [0.4, 0.5) is 10.1 Å². The van der Waals surface area contributed by atoms with Gasteiger partial charge in [-0.15, -0.1) is 0 Å². The SMILES string of the molecule is CC(=N)C(=C(C)N)c1ncc(NC(=O)[C@@H](NC(=O)c2ccnn2C(C)C)C(C2CC2)C2(C)CC2)cc1F. The Kier molecular flexibility index (Phi) is 7.21. The molecule has 2 fully saturated rings. The first-order chi connectivity index (χ1) is 17.4. The van der Waals surface area contributed by atoms with E-state index in [-0.39, 0.29) is 51.6 Å². The number of hydrogen-bond acceptors (Lipinski definition) is 6. The first kappa shape index (κ1) is 26.5. The fourth-order valence-corrected chi connectivity index (χ4v) is 5.24. The molecule has 2 amide bonds. The van der Waals surface area contributed by atoms with E-state index in [9.17, 15) is 9.59 Å². The van der Waals surface area contributed by atoms with Gasteiger partial charge in [0.2, 0.25) is 5.91 Å². The van der Waals surface area contributed by atoms with Crippen LogP contribution in [0.5, 0.6) is 0 Å². The van der Waals surface area contributed by atoms with Gasteiger partial charge in [0.15, 0.2) is 5.82 Å².